The van der Waals surface area contributed by atoms with E-state index in [1.807, 2.05) is 23.5 Å². The highest BCUT2D eigenvalue weighted by molar-refractivity contribution is 14.1. The molecule has 0 saturated heterocycles. The molecule has 0 atom stereocenters. The van der Waals surface area contributed by atoms with E-state index in [9.17, 15) is 0 Å². The molecule has 0 N–H and O–H groups in total. The van der Waals surface area contributed by atoms with Gasteiger partial charge in [-0.1, -0.05) is 176 Å². The quantitative estimate of drug-likeness (QED) is 0.0711. The second kappa shape index (κ2) is 24.6. The van der Waals surface area contributed by atoms with Gasteiger partial charge in [0.15, 0.2) is 0 Å². The molecular formula is C30H51IS6. The SMILES string of the molecule is CCCCCCCCCCCCSC1=C(SCCCCCCCCCCCC)SC(=C2SC=C(I)S2)S1. The fraction of sp³-hybridized carbons (Fsp3) is 0.800. The maximum absolute atomic E-state index is 2.47. The first-order valence-corrected chi connectivity index (χ1v) is 21.4. The number of unbranched alkanes of at least 4 members (excludes halogenated alkanes) is 18. The van der Waals surface area contributed by atoms with Crippen LogP contribution < -0.4 is 0 Å². The molecule has 2 aliphatic heterocycles. The van der Waals surface area contributed by atoms with Crippen molar-refractivity contribution in [2.45, 2.75) is 142 Å². The molecule has 0 amide bonds. The van der Waals surface area contributed by atoms with Crippen LogP contribution in [-0.2, 0) is 0 Å². The third kappa shape index (κ3) is 17.6. The van der Waals surface area contributed by atoms with Gasteiger partial charge in [0.1, 0.15) is 0 Å². The van der Waals surface area contributed by atoms with Crippen LogP contribution in [0.1, 0.15) is 142 Å². The zero-order valence-corrected chi connectivity index (χ0v) is 30.5. The van der Waals surface area contributed by atoms with Gasteiger partial charge >= 0.3 is 0 Å². The largest absolute Gasteiger partial charge is 0.117 e. The van der Waals surface area contributed by atoms with Crippen LogP contribution in [0.25, 0.3) is 0 Å². The summed E-state index contributed by atoms with van der Waals surface area (Å²) in [5.74, 6) is 2.58. The summed E-state index contributed by atoms with van der Waals surface area (Å²) in [6, 6.07) is 0. The Labute approximate surface area is 269 Å². The van der Waals surface area contributed by atoms with E-state index in [1.165, 1.54) is 151 Å². The number of halogens is 1. The maximum atomic E-state index is 2.47. The molecule has 37 heavy (non-hydrogen) atoms. The monoisotopic (exact) mass is 730 g/mol. The van der Waals surface area contributed by atoms with E-state index in [4.69, 9.17) is 0 Å². The first-order valence-electron chi connectivity index (χ1n) is 15.0. The molecule has 0 aromatic rings. The van der Waals surface area contributed by atoms with Crippen molar-refractivity contribution in [2.24, 2.45) is 0 Å². The molecule has 2 heterocycles. The lowest BCUT2D eigenvalue weighted by molar-refractivity contribution is 0.563. The lowest BCUT2D eigenvalue weighted by Crippen LogP contribution is -1.85. The van der Waals surface area contributed by atoms with Crippen molar-refractivity contribution in [2.75, 3.05) is 11.5 Å². The van der Waals surface area contributed by atoms with Crippen LogP contribution in [-0.4, -0.2) is 11.5 Å². The van der Waals surface area contributed by atoms with Crippen molar-refractivity contribution < 1.29 is 0 Å². The van der Waals surface area contributed by atoms with E-state index >= 15 is 0 Å². The molecule has 0 fully saturated rings. The molecule has 0 aliphatic carbocycles. The van der Waals surface area contributed by atoms with Gasteiger partial charge in [0.2, 0.25) is 0 Å². The average molecular weight is 731 g/mol. The molecule has 0 aromatic carbocycles. The topological polar surface area (TPSA) is 0 Å². The Morgan fingerprint density at radius 2 is 0.892 bits per heavy atom. The zero-order chi connectivity index (χ0) is 26.4. The van der Waals surface area contributed by atoms with Crippen molar-refractivity contribution in [3.8, 4) is 0 Å². The number of hydrogen-bond acceptors (Lipinski definition) is 6. The summed E-state index contributed by atoms with van der Waals surface area (Å²) in [6.45, 7) is 4.61. The van der Waals surface area contributed by atoms with Gasteiger partial charge in [-0.15, -0.1) is 23.5 Å². The Bertz CT molecular complexity index is 648. The lowest BCUT2D eigenvalue weighted by atomic mass is 10.1. The van der Waals surface area contributed by atoms with Crippen molar-refractivity contribution in [1.82, 2.24) is 0 Å². The number of hydrogen-bond donors (Lipinski definition) is 0. The van der Waals surface area contributed by atoms with Crippen molar-refractivity contribution in [3.63, 3.8) is 0 Å². The van der Waals surface area contributed by atoms with E-state index in [2.05, 4.69) is 88.9 Å². The zero-order valence-electron chi connectivity index (χ0n) is 23.5. The molecular weight excluding hydrogens is 680 g/mol. The van der Waals surface area contributed by atoms with Gasteiger partial charge in [0.25, 0.3) is 0 Å². The summed E-state index contributed by atoms with van der Waals surface area (Å²) in [4.78, 5) is 0. The summed E-state index contributed by atoms with van der Waals surface area (Å²) in [7, 11) is 0. The number of rotatable bonds is 24. The summed E-state index contributed by atoms with van der Waals surface area (Å²) in [5.41, 5.74) is 0. The van der Waals surface area contributed by atoms with Crippen LogP contribution >= 0.6 is 93.2 Å². The second-order valence-corrected chi connectivity index (χ2v) is 19.2. The molecule has 0 saturated carbocycles. The molecule has 2 rings (SSSR count). The van der Waals surface area contributed by atoms with E-state index in [1.54, 1.807) is 8.47 Å². The van der Waals surface area contributed by atoms with Gasteiger partial charge in [0.05, 0.1) is 19.9 Å². The number of thioether (sulfide) groups is 6. The predicted molar refractivity (Wildman–Crippen MR) is 195 cm³/mol. The highest BCUT2D eigenvalue weighted by Crippen LogP contribution is 2.63. The smallest absolute Gasteiger partial charge is 0.0717 e. The average Bonchev–Trinajstić information content (AvgIpc) is 3.52. The van der Waals surface area contributed by atoms with E-state index in [-0.39, 0.29) is 0 Å². The van der Waals surface area contributed by atoms with Crippen LogP contribution in [0.15, 0.2) is 25.3 Å². The molecule has 214 valence electrons. The summed E-state index contributed by atoms with van der Waals surface area (Å²) < 4.78 is 7.66. The minimum absolute atomic E-state index is 1.29. The molecule has 0 spiro atoms. The van der Waals surface area contributed by atoms with Gasteiger partial charge < -0.3 is 0 Å². The van der Waals surface area contributed by atoms with Gasteiger partial charge in [-0.2, -0.15) is 0 Å². The molecule has 0 unspecified atom stereocenters. The van der Waals surface area contributed by atoms with E-state index in [0.717, 1.165) is 0 Å². The minimum atomic E-state index is 1.29. The predicted octanol–water partition coefficient (Wildman–Crippen LogP) is 14.7. The summed E-state index contributed by atoms with van der Waals surface area (Å²) in [6.07, 6.45) is 28.5. The van der Waals surface area contributed by atoms with Crippen LogP contribution in [0.4, 0.5) is 0 Å². The molecule has 2 aliphatic rings. The fourth-order valence-corrected chi connectivity index (χ4v) is 14.0. The van der Waals surface area contributed by atoms with Crippen LogP contribution in [0.3, 0.4) is 0 Å². The summed E-state index contributed by atoms with van der Waals surface area (Å²) >= 11 is 14.8. The fourth-order valence-electron chi connectivity index (χ4n) is 4.37. The third-order valence-corrected chi connectivity index (χ3v) is 16.4. The minimum Gasteiger partial charge on any atom is -0.117 e. The Balaban J connectivity index is 1.61. The van der Waals surface area contributed by atoms with Crippen molar-refractivity contribution in [1.29, 1.82) is 0 Å². The Hall–Kier alpha value is 2.05. The van der Waals surface area contributed by atoms with Gasteiger partial charge in [-0.25, -0.2) is 0 Å². The van der Waals surface area contributed by atoms with Crippen LogP contribution in [0.5, 0.6) is 0 Å². The Morgan fingerprint density at radius 3 is 1.24 bits per heavy atom. The normalized spacial score (nSPS) is 15.9. The molecule has 0 radical (unpaired) electrons. The van der Waals surface area contributed by atoms with Gasteiger partial charge in [0, 0.05) is 0 Å². The van der Waals surface area contributed by atoms with Crippen molar-refractivity contribution >= 4 is 93.2 Å². The molecule has 0 nitrogen and oxygen atoms in total. The highest BCUT2D eigenvalue weighted by Gasteiger charge is 2.27. The third-order valence-electron chi connectivity index (χ3n) is 6.62. The summed E-state index contributed by atoms with van der Waals surface area (Å²) in [5, 5.41) is 2.31. The lowest BCUT2D eigenvalue weighted by Gasteiger charge is -2.06. The second-order valence-electron chi connectivity index (χ2n) is 10.1. The van der Waals surface area contributed by atoms with Crippen LogP contribution in [0, 0.1) is 0 Å². The van der Waals surface area contributed by atoms with Crippen LogP contribution in [0.2, 0.25) is 0 Å². The van der Waals surface area contributed by atoms with E-state index < -0.39 is 0 Å². The molecule has 0 aromatic heterocycles. The van der Waals surface area contributed by atoms with E-state index in [0.29, 0.717) is 0 Å². The van der Waals surface area contributed by atoms with Gasteiger partial charge in [-0.3, -0.25) is 0 Å². The van der Waals surface area contributed by atoms with Gasteiger partial charge in [-0.05, 0) is 52.3 Å². The first kappa shape index (κ1) is 35.2. The first-order chi connectivity index (χ1) is 18.2. The van der Waals surface area contributed by atoms with Crippen molar-refractivity contribution in [3.05, 3.63) is 25.3 Å². The Kier molecular flexibility index (Phi) is 23.5. The highest BCUT2D eigenvalue weighted by atomic mass is 127. The maximum Gasteiger partial charge on any atom is 0.0717 e. The standard InChI is InChI=1S/C30H51IS6/c1-3-5-7-9-11-13-15-17-19-21-23-32-27-28(37-30(36-27)29-34-25-26(31)35-29)33-24-22-20-18-16-14-12-10-8-6-4-2/h25H,3-24H2,1-2H3. The molecule has 0 bridgehead atoms. The Morgan fingerprint density at radius 1 is 0.514 bits per heavy atom. The molecule has 7 heteroatoms.